The van der Waals surface area contributed by atoms with Gasteiger partial charge in [-0.15, -0.1) is 0 Å². The molecule has 1 atom stereocenters. The van der Waals surface area contributed by atoms with Gasteiger partial charge in [-0.2, -0.15) is 0 Å². The van der Waals surface area contributed by atoms with E-state index in [2.05, 4.69) is 19.2 Å². The zero-order valence-electron chi connectivity index (χ0n) is 7.22. The summed E-state index contributed by atoms with van der Waals surface area (Å²) in [6.45, 7) is 5.01. The lowest BCUT2D eigenvalue weighted by molar-refractivity contribution is -0.249. The highest BCUT2D eigenvalue weighted by molar-refractivity contribution is 4.79. The van der Waals surface area contributed by atoms with Crippen LogP contribution in [0.2, 0.25) is 0 Å². The van der Waals surface area contributed by atoms with Crippen LogP contribution in [-0.2, 0) is 9.78 Å². The summed E-state index contributed by atoms with van der Waals surface area (Å²) in [5.41, 5.74) is 0. The first-order valence-corrected chi connectivity index (χ1v) is 4.24. The van der Waals surface area contributed by atoms with Crippen molar-refractivity contribution in [1.82, 2.24) is 5.32 Å². The summed E-state index contributed by atoms with van der Waals surface area (Å²) in [5, 5.41) is 3.25. The second-order valence-electron chi connectivity index (χ2n) is 2.91. The molecule has 1 rings (SSSR count). The van der Waals surface area contributed by atoms with Crippen molar-refractivity contribution in [2.45, 2.75) is 39.2 Å². The summed E-state index contributed by atoms with van der Waals surface area (Å²) < 4.78 is 0. The van der Waals surface area contributed by atoms with Gasteiger partial charge in [0.25, 0.3) is 0 Å². The minimum absolute atomic E-state index is 0.497. The number of nitrogens with one attached hydrogen (secondary N) is 1. The van der Waals surface area contributed by atoms with Crippen LogP contribution in [0.4, 0.5) is 0 Å². The third-order valence-electron chi connectivity index (χ3n) is 1.70. The van der Waals surface area contributed by atoms with Gasteiger partial charge in [0.05, 0.1) is 6.61 Å². The molecule has 0 aromatic carbocycles. The normalized spacial score (nSPS) is 22.4. The summed E-state index contributed by atoms with van der Waals surface area (Å²) in [6, 6.07) is 0.497. The van der Waals surface area contributed by atoms with Crippen LogP contribution >= 0.6 is 0 Å². The molecule has 1 unspecified atom stereocenters. The van der Waals surface area contributed by atoms with E-state index in [4.69, 9.17) is 9.78 Å². The maximum Gasteiger partial charge on any atom is 0.202 e. The van der Waals surface area contributed by atoms with E-state index < -0.39 is 0 Å². The van der Waals surface area contributed by atoms with Gasteiger partial charge in [0.1, 0.15) is 0 Å². The van der Waals surface area contributed by atoms with Gasteiger partial charge in [0, 0.05) is 12.5 Å². The molecular weight excluding hydrogens is 142 g/mol. The lowest BCUT2D eigenvalue weighted by atomic mass is 10.2. The summed E-state index contributed by atoms with van der Waals surface area (Å²) in [7, 11) is 0. The van der Waals surface area contributed by atoms with Crippen LogP contribution < -0.4 is 5.32 Å². The Morgan fingerprint density at radius 2 is 2.45 bits per heavy atom. The molecule has 1 fully saturated rings. The number of rotatable bonds is 4. The molecule has 0 saturated carbocycles. The Balaban J connectivity index is 2.08. The van der Waals surface area contributed by atoms with E-state index in [1.165, 1.54) is 12.8 Å². The molecule has 0 amide bonds. The molecule has 0 aromatic heterocycles. The van der Waals surface area contributed by atoms with E-state index in [0.29, 0.717) is 12.6 Å². The second kappa shape index (κ2) is 4.70. The zero-order valence-corrected chi connectivity index (χ0v) is 7.22. The lowest BCUT2D eigenvalue weighted by Crippen LogP contribution is -2.29. The van der Waals surface area contributed by atoms with Gasteiger partial charge in [-0.3, -0.25) is 5.32 Å². The predicted octanol–water partition coefficient (Wildman–Crippen LogP) is 1.61. The molecule has 1 heterocycles. The molecule has 1 N–H and O–H groups in total. The molecular formula is C8H16NO2. The molecule has 1 radical (unpaired) electrons. The molecule has 1 aliphatic rings. The first-order chi connectivity index (χ1) is 5.33. The van der Waals surface area contributed by atoms with Gasteiger partial charge < -0.3 is 0 Å². The average Bonchev–Trinajstić information content (AvgIpc) is 2.40. The fourth-order valence-electron chi connectivity index (χ4n) is 1.17. The largest absolute Gasteiger partial charge is 0.281 e. The number of hydrogen-bond acceptors (Lipinski definition) is 3. The summed E-state index contributed by atoms with van der Waals surface area (Å²) in [4.78, 5) is 9.61. The van der Waals surface area contributed by atoms with Crippen LogP contribution in [0, 0.1) is 6.23 Å². The van der Waals surface area contributed by atoms with Crippen molar-refractivity contribution in [2.24, 2.45) is 0 Å². The highest BCUT2D eigenvalue weighted by Gasteiger charge is 2.19. The Labute approximate surface area is 68.0 Å². The van der Waals surface area contributed by atoms with Gasteiger partial charge in [0.15, 0.2) is 0 Å². The van der Waals surface area contributed by atoms with Crippen LogP contribution in [-0.4, -0.2) is 12.6 Å². The second-order valence-corrected chi connectivity index (χ2v) is 2.91. The molecule has 0 bridgehead atoms. The smallest absolute Gasteiger partial charge is 0.202 e. The highest BCUT2D eigenvalue weighted by atomic mass is 17.2. The summed E-state index contributed by atoms with van der Waals surface area (Å²) >= 11 is 0. The number of hydrogen-bond donors (Lipinski definition) is 1. The Morgan fingerprint density at radius 1 is 1.64 bits per heavy atom. The molecule has 3 nitrogen and oxygen atoms in total. The lowest BCUT2D eigenvalue weighted by Gasteiger charge is -2.14. The van der Waals surface area contributed by atoms with E-state index in [1.807, 2.05) is 0 Å². The SMILES string of the molecule is CCCC(C)N[C]1CCOO1. The Hall–Kier alpha value is -0.120. The van der Waals surface area contributed by atoms with E-state index in [1.54, 1.807) is 0 Å². The first-order valence-electron chi connectivity index (χ1n) is 4.24. The Kier molecular flexibility index (Phi) is 3.83. The topological polar surface area (TPSA) is 30.5 Å². The van der Waals surface area contributed by atoms with Gasteiger partial charge >= 0.3 is 0 Å². The van der Waals surface area contributed by atoms with Crippen LogP contribution in [0.25, 0.3) is 0 Å². The van der Waals surface area contributed by atoms with Crippen molar-refractivity contribution in [3.05, 3.63) is 6.23 Å². The minimum Gasteiger partial charge on any atom is -0.281 e. The molecule has 11 heavy (non-hydrogen) atoms. The molecule has 3 heteroatoms. The molecule has 0 aromatic rings. The highest BCUT2D eigenvalue weighted by Crippen LogP contribution is 2.14. The van der Waals surface area contributed by atoms with Gasteiger partial charge in [-0.25, -0.2) is 9.78 Å². The monoisotopic (exact) mass is 158 g/mol. The van der Waals surface area contributed by atoms with Crippen LogP contribution in [0.3, 0.4) is 0 Å². The van der Waals surface area contributed by atoms with Crippen molar-refractivity contribution in [2.75, 3.05) is 6.61 Å². The fourth-order valence-corrected chi connectivity index (χ4v) is 1.17. The third kappa shape index (κ3) is 3.18. The van der Waals surface area contributed by atoms with E-state index in [9.17, 15) is 0 Å². The molecule has 65 valence electrons. The third-order valence-corrected chi connectivity index (χ3v) is 1.70. The maximum atomic E-state index is 4.88. The van der Waals surface area contributed by atoms with E-state index in [0.717, 1.165) is 12.6 Å². The predicted molar refractivity (Wildman–Crippen MR) is 42.4 cm³/mol. The first kappa shape index (κ1) is 8.97. The van der Waals surface area contributed by atoms with Gasteiger partial charge in [0.2, 0.25) is 6.23 Å². The maximum absolute atomic E-state index is 4.88. The Bertz CT molecular complexity index is 102. The summed E-state index contributed by atoms with van der Waals surface area (Å²) in [6.07, 6.45) is 4.13. The average molecular weight is 158 g/mol. The van der Waals surface area contributed by atoms with E-state index in [-0.39, 0.29) is 0 Å². The van der Waals surface area contributed by atoms with Crippen molar-refractivity contribution >= 4 is 0 Å². The minimum atomic E-state index is 0.497. The standard InChI is InChI=1S/C8H16NO2/c1-3-4-7(2)9-8-5-6-10-11-8/h7,9H,3-6H2,1-2H3. The molecule has 1 saturated heterocycles. The van der Waals surface area contributed by atoms with Crippen LogP contribution in [0.1, 0.15) is 33.1 Å². The molecule has 1 aliphatic heterocycles. The van der Waals surface area contributed by atoms with Gasteiger partial charge in [-0.1, -0.05) is 13.3 Å². The zero-order chi connectivity index (χ0) is 8.10. The van der Waals surface area contributed by atoms with Crippen LogP contribution in [0.5, 0.6) is 0 Å². The summed E-state index contributed by atoms with van der Waals surface area (Å²) in [5.74, 6) is 0. The van der Waals surface area contributed by atoms with Crippen molar-refractivity contribution < 1.29 is 9.78 Å². The van der Waals surface area contributed by atoms with Crippen molar-refractivity contribution in [1.29, 1.82) is 0 Å². The van der Waals surface area contributed by atoms with Crippen molar-refractivity contribution in [3.63, 3.8) is 0 Å². The molecule has 0 spiro atoms. The van der Waals surface area contributed by atoms with Gasteiger partial charge in [-0.05, 0) is 13.3 Å². The Morgan fingerprint density at radius 3 is 3.00 bits per heavy atom. The molecule has 0 aliphatic carbocycles. The van der Waals surface area contributed by atoms with Crippen molar-refractivity contribution in [3.8, 4) is 0 Å². The quantitative estimate of drug-likeness (QED) is 0.630. The van der Waals surface area contributed by atoms with Crippen LogP contribution in [0.15, 0.2) is 0 Å². The van der Waals surface area contributed by atoms with E-state index >= 15 is 0 Å². The fraction of sp³-hybridized carbons (Fsp3) is 0.875.